The van der Waals surface area contributed by atoms with Gasteiger partial charge in [-0.3, -0.25) is 4.79 Å². The minimum absolute atomic E-state index is 0.00464. The van der Waals surface area contributed by atoms with Gasteiger partial charge in [0, 0.05) is 17.8 Å². The Kier molecular flexibility index (Phi) is 3.16. The molecule has 140 valence electrons. The molecule has 2 spiro atoms. The number of carbonyl (C=O) groups is 1. The summed E-state index contributed by atoms with van der Waals surface area (Å²) < 4.78 is 18.3. The Balaban J connectivity index is 1.58. The second-order valence-electron chi connectivity index (χ2n) is 9.89. The number of aliphatic hydroxyl groups excluding tert-OH is 1. The highest BCUT2D eigenvalue weighted by atomic mass is 16.6. The van der Waals surface area contributed by atoms with E-state index in [9.17, 15) is 9.90 Å². The van der Waals surface area contributed by atoms with Crippen molar-refractivity contribution in [3.05, 3.63) is 0 Å². The molecule has 0 aromatic rings. The third kappa shape index (κ3) is 1.83. The average molecular weight is 350 g/mol. The fourth-order valence-electron chi connectivity index (χ4n) is 7.57. The van der Waals surface area contributed by atoms with Gasteiger partial charge in [-0.05, 0) is 44.9 Å². The summed E-state index contributed by atoms with van der Waals surface area (Å²) in [6.45, 7) is 7.23. The maximum absolute atomic E-state index is 12.7. The molecule has 25 heavy (non-hydrogen) atoms. The molecule has 0 radical (unpaired) electrons. The fourth-order valence-corrected chi connectivity index (χ4v) is 7.57. The smallest absolute Gasteiger partial charge is 0.312 e. The Hall–Kier alpha value is -0.650. The fraction of sp³-hybridized carbons (Fsp3) is 0.950. The maximum Gasteiger partial charge on any atom is 0.312 e. The van der Waals surface area contributed by atoms with Crippen LogP contribution in [0.4, 0.5) is 0 Å². The summed E-state index contributed by atoms with van der Waals surface area (Å²) >= 11 is 0. The summed E-state index contributed by atoms with van der Waals surface area (Å²) in [7, 11) is 0. The lowest BCUT2D eigenvalue weighted by atomic mass is 9.44. The quantitative estimate of drug-likeness (QED) is 0.681. The van der Waals surface area contributed by atoms with Crippen molar-refractivity contribution in [1.82, 2.24) is 0 Å². The molecule has 5 rings (SSSR count). The van der Waals surface area contributed by atoms with Gasteiger partial charge in [-0.2, -0.15) is 0 Å². The van der Waals surface area contributed by atoms with Gasteiger partial charge in [0.2, 0.25) is 0 Å². The standard InChI is InChI=1S/C20H30O5/c1-12-9-13-15-17(2,16(22)24-13)5-4-6-18(15,3)20(12)8-7-19(25-20)10-14(21)23-11-19/h12-15,21H,4-11H2,1-3H3/t12-,13-,14+,15+,17+,18+,19+,20-/m1/s1. The number of esters is 1. The Morgan fingerprint density at radius 1 is 1.16 bits per heavy atom. The predicted molar refractivity (Wildman–Crippen MR) is 89.6 cm³/mol. The Morgan fingerprint density at radius 3 is 2.68 bits per heavy atom. The lowest BCUT2D eigenvalue weighted by Gasteiger charge is -2.62. The normalized spacial score (nSPS) is 60.2. The molecular formula is C20H30O5. The third-order valence-corrected chi connectivity index (χ3v) is 8.65. The van der Waals surface area contributed by atoms with Gasteiger partial charge in [0.25, 0.3) is 0 Å². The SMILES string of the molecule is C[C@@H]1C[C@H]2OC(=O)[C@@]3(C)CCC[C@@](C)([C@@H]23)[C@@]12CC[C@]1(CO[C@H](O)C1)O2. The highest BCUT2D eigenvalue weighted by molar-refractivity contribution is 5.80. The van der Waals surface area contributed by atoms with Crippen LogP contribution in [0.2, 0.25) is 0 Å². The Bertz CT molecular complexity index is 621. The van der Waals surface area contributed by atoms with Crippen LogP contribution in [-0.4, -0.2) is 41.3 Å². The van der Waals surface area contributed by atoms with E-state index in [4.69, 9.17) is 14.2 Å². The van der Waals surface area contributed by atoms with Crippen molar-refractivity contribution >= 4 is 5.97 Å². The summed E-state index contributed by atoms with van der Waals surface area (Å²) in [4.78, 5) is 12.7. The topological polar surface area (TPSA) is 65.0 Å². The van der Waals surface area contributed by atoms with Crippen LogP contribution in [0.3, 0.4) is 0 Å². The van der Waals surface area contributed by atoms with E-state index in [2.05, 4.69) is 20.8 Å². The van der Waals surface area contributed by atoms with E-state index in [1.165, 1.54) is 0 Å². The van der Waals surface area contributed by atoms with Crippen molar-refractivity contribution in [2.45, 2.75) is 89.3 Å². The molecule has 2 saturated carbocycles. The summed E-state index contributed by atoms with van der Waals surface area (Å²) in [6.07, 6.45) is 5.79. The second-order valence-corrected chi connectivity index (χ2v) is 9.89. The van der Waals surface area contributed by atoms with Gasteiger partial charge in [-0.15, -0.1) is 0 Å². The Labute approximate surface area is 149 Å². The molecule has 3 saturated heterocycles. The molecule has 1 N–H and O–H groups in total. The zero-order chi connectivity index (χ0) is 17.7. The van der Waals surface area contributed by atoms with E-state index in [0.29, 0.717) is 18.9 Å². The first-order valence-electron chi connectivity index (χ1n) is 9.96. The highest BCUT2D eigenvalue weighted by Gasteiger charge is 2.74. The number of rotatable bonds is 0. The highest BCUT2D eigenvalue weighted by Crippen LogP contribution is 2.70. The third-order valence-electron chi connectivity index (χ3n) is 8.65. The van der Waals surface area contributed by atoms with Crippen molar-refractivity contribution in [3.63, 3.8) is 0 Å². The van der Waals surface area contributed by atoms with Crippen LogP contribution < -0.4 is 0 Å². The molecule has 5 aliphatic rings. The van der Waals surface area contributed by atoms with Crippen molar-refractivity contribution in [2.24, 2.45) is 22.7 Å². The second kappa shape index (κ2) is 4.79. The van der Waals surface area contributed by atoms with Gasteiger partial charge in [-0.1, -0.05) is 20.3 Å². The minimum atomic E-state index is -0.706. The zero-order valence-corrected chi connectivity index (χ0v) is 15.5. The lowest BCUT2D eigenvalue weighted by molar-refractivity contribution is -0.251. The molecule has 3 heterocycles. The number of hydrogen-bond donors (Lipinski definition) is 1. The molecule has 2 aliphatic carbocycles. The number of fused-ring (bicyclic) bond motifs is 1. The van der Waals surface area contributed by atoms with Crippen LogP contribution in [0.25, 0.3) is 0 Å². The molecule has 0 aromatic carbocycles. The molecular weight excluding hydrogens is 320 g/mol. The summed E-state index contributed by atoms with van der Waals surface area (Å²) in [5.74, 6) is 0.578. The summed E-state index contributed by atoms with van der Waals surface area (Å²) in [6, 6.07) is 0. The molecule has 5 nitrogen and oxygen atoms in total. The van der Waals surface area contributed by atoms with Crippen LogP contribution in [0.15, 0.2) is 0 Å². The van der Waals surface area contributed by atoms with Gasteiger partial charge in [0.05, 0.1) is 23.2 Å². The molecule has 5 fully saturated rings. The molecule has 0 bridgehead atoms. The van der Waals surface area contributed by atoms with Crippen LogP contribution in [-0.2, 0) is 19.0 Å². The number of aliphatic hydroxyl groups is 1. The first-order chi connectivity index (χ1) is 11.7. The lowest BCUT2D eigenvalue weighted by Crippen LogP contribution is -2.65. The molecule has 0 amide bonds. The number of hydrogen-bond acceptors (Lipinski definition) is 5. The van der Waals surface area contributed by atoms with Crippen molar-refractivity contribution in [2.75, 3.05) is 6.61 Å². The maximum atomic E-state index is 12.7. The van der Waals surface area contributed by atoms with E-state index in [-0.39, 0.29) is 40.0 Å². The van der Waals surface area contributed by atoms with E-state index in [1.54, 1.807) is 0 Å². The van der Waals surface area contributed by atoms with Crippen LogP contribution in [0, 0.1) is 22.7 Å². The van der Waals surface area contributed by atoms with Crippen molar-refractivity contribution < 1.29 is 24.1 Å². The molecule has 5 heteroatoms. The largest absolute Gasteiger partial charge is 0.462 e. The van der Waals surface area contributed by atoms with E-state index >= 15 is 0 Å². The van der Waals surface area contributed by atoms with Crippen LogP contribution in [0.1, 0.15) is 65.7 Å². The number of ether oxygens (including phenoxy) is 3. The van der Waals surface area contributed by atoms with Gasteiger partial charge in [0.15, 0.2) is 6.29 Å². The van der Waals surface area contributed by atoms with Crippen molar-refractivity contribution in [3.8, 4) is 0 Å². The molecule has 8 atom stereocenters. The first kappa shape index (κ1) is 16.5. The van der Waals surface area contributed by atoms with E-state index in [1.807, 2.05) is 0 Å². The van der Waals surface area contributed by atoms with Gasteiger partial charge >= 0.3 is 5.97 Å². The van der Waals surface area contributed by atoms with Crippen molar-refractivity contribution in [1.29, 1.82) is 0 Å². The molecule has 3 aliphatic heterocycles. The Morgan fingerprint density at radius 2 is 1.96 bits per heavy atom. The first-order valence-corrected chi connectivity index (χ1v) is 9.96. The zero-order valence-electron chi connectivity index (χ0n) is 15.5. The van der Waals surface area contributed by atoms with Gasteiger partial charge in [-0.25, -0.2) is 0 Å². The monoisotopic (exact) mass is 350 g/mol. The average Bonchev–Trinajstić information content (AvgIpc) is 3.17. The minimum Gasteiger partial charge on any atom is -0.462 e. The van der Waals surface area contributed by atoms with Gasteiger partial charge < -0.3 is 19.3 Å². The summed E-state index contributed by atoms with van der Waals surface area (Å²) in [5.41, 5.74) is -1.01. The van der Waals surface area contributed by atoms with Crippen LogP contribution >= 0.6 is 0 Å². The summed E-state index contributed by atoms with van der Waals surface area (Å²) in [5, 5.41) is 9.91. The molecule has 0 aromatic heterocycles. The van der Waals surface area contributed by atoms with E-state index < -0.39 is 6.29 Å². The van der Waals surface area contributed by atoms with Gasteiger partial charge in [0.1, 0.15) is 6.10 Å². The molecule has 0 unspecified atom stereocenters. The van der Waals surface area contributed by atoms with E-state index in [0.717, 1.165) is 38.5 Å². The number of carbonyl (C=O) groups excluding carboxylic acids is 1. The van der Waals surface area contributed by atoms with Crippen LogP contribution in [0.5, 0.6) is 0 Å². The predicted octanol–water partition coefficient (Wildman–Crippen LogP) is 2.79.